The van der Waals surface area contributed by atoms with Gasteiger partial charge in [0.25, 0.3) is 0 Å². The van der Waals surface area contributed by atoms with Crippen LogP contribution in [0.5, 0.6) is 5.75 Å². The number of anilines is 1. The fourth-order valence-corrected chi connectivity index (χ4v) is 2.86. The molecule has 0 saturated heterocycles. The Bertz CT molecular complexity index is 937. The summed E-state index contributed by atoms with van der Waals surface area (Å²) >= 11 is 11.5. The van der Waals surface area contributed by atoms with Crippen LogP contribution < -0.4 is 15.5 Å². The zero-order valence-electron chi connectivity index (χ0n) is 14.7. The predicted molar refractivity (Wildman–Crippen MR) is 115 cm³/mol. The van der Waals surface area contributed by atoms with Crippen LogP contribution in [0.4, 0.5) is 5.69 Å². The van der Waals surface area contributed by atoms with Gasteiger partial charge in [0.15, 0.2) is 5.11 Å². The lowest BCUT2D eigenvalue weighted by atomic mass is 10.2. The first-order valence-corrected chi connectivity index (χ1v) is 9.07. The highest BCUT2D eigenvalue weighted by Crippen LogP contribution is 2.17. The fraction of sp³-hybridized carbons (Fsp3) is 0.100. The van der Waals surface area contributed by atoms with E-state index in [1.54, 1.807) is 13.3 Å². The molecule has 3 aromatic rings. The maximum atomic E-state index is 6.24. The van der Waals surface area contributed by atoms with E-state index in [9.17, 15) is 0 Å². The molecule has 2 N–H and O–H groups in total. The van der Waals surface area contributed by atoms with Crippen LogP contribution >= 0.6 is 23.8 Å². The summed E-state index contributed by atoms with van der Waals surface area (Å²) in [6.45, 7) is 0.669. The standard InChI is InChI=1S/C20H19ClN4OS/c1-26-18-10-8-16(9-11-18)23-20(27)24-22-13-17-6-4-12-25(17)14-15-5-2-3-7-19(15)21/h2-13H,14H2,1H3,(H2,23,24,27)/b22-13-. The number of hydrazone groups is 1. The molecule has 0 fully saturated rings. The molecule has 7 heteroatoms. The first-order chi connectivity index (χ1) is 13.2. The lowest BCUT2D eigenvalue weighted by Gasteiger charge is -2.09. The molecule has 0 amide bonds. The summed E-state index contributed by atoms with van der Waals surface area (Å²) in [5.74, 6) is 0.789. The van der Waals surface area contributed by atoms with Crippen molar-refractivity contribution in [3.8, 4) is 5.75 Å². The summed E-state index contributed by atoms with van der Waals surface area (Å²) in [4.78, 5) is 0. The predicted octanol–water partition coefficient (Wildman–Crippen LogP) is 4.52. The van der Waals surface area contributed by atoms with Gasteiger partial charge in [0.05, 0.1) is 19.0 Å². The molecule has 0 aliphatic rings. The van der Waals surface area contributed by atoms with Crippen molar-refractivity contribution in [2.75, 3.05) is 12.4 Å². The Hall–Kier alpha value is -2.83. The van der Waals surface area contributed by atoms with Crippen molar-refractivity contribution >= 4 is 40.8 Å². The van der Waals surface area contributed by atoms with Gasteiger partial charge in [-0.3, -0.25) is 5.43 Å². The summed E-state index contributed by atoms with van der Waals surface area (Å²) in [5, 5.41) is 8.42. The Kier molecular flexibility index (Phi) is 6.46. The molecule has 1 heterocycles. The van der Waals surface area contributed by atoms with Crippen LogP contribution in [0, 0.1) is 0 Å². The molecule has 0 saturated carbocycles. The molecule has 138 valence electrons. The van der Waals surface area contributed by atoms with E-state index >= 15 is 0 Å². The van der Waals surface area contributed by atoms with Crippen molar-refractivity contribution < 1.29 is 4.74 Å². The van der Waals surface area contributed by atoms with Gasteiger partial charge in [-0.2, -0.15) is 5.10 Å². The normalized spacial score (nSPS) is 10.7. The minimum atomic E-state index is 0.403. The molecule has 0 aliphatic heterocycles. The van der Waals surface area contributed by atoms with Crippen LogP contribution in [-0.2, 0) is 6.54 Å². The van der Waals surface area contributed by atoms with Crippen LogP contribution in [0.15, 0.2) is 72.0 Å². The molecule has 2 aromatic carbocycles. The van der Waals surface area contributed by atoms with E-state index in [-0.39, 0.29) is 0 Å². The van der Waals surface area contributed by atoms with E-state index in [0.29, 0.717) is 11.7 Å². The summed E-state index contributed by atoms with van der Waals surface area (Å²) in [5.41, 5.74) is 5.66. The Balaban J connectivity index is 1.57. The molecule has 0 radical (unpaired) electrons. The van der Waals surface area contributed by atoms with Gasteiger partial charge in [-0.05, 0) is 60.2 Å². The highest BCUT2D eigenvalue weighted by molar-refractivity contribution is 7.80. The van der Waals surface area contributed by atoms with Gasteiger partial charge >= 0.3 is 0 Å². The first kappa shape index (κ1) is 18.9. The van der Waals surface area contributed by atoms with E-state index < -0.39 is 0 Å². The Morgan fingerprint density at radius 2 is 1.93 bits per heavy atom. The molecular formula is C20H19ClN4OS. The number of ether oxygens (including phenoxy) is 1. The molecule has 0 atom stereocenters. The smallest absolute Gasteiger partial charge is 0.191 e. The van der Waals surface area contributed by atoms with Gasteiger partial charge in [-0.25, -0.2) is 0 Å². The molecule has 1 aromatic heterocycles. The summed E-state index contributed by atoms with van der Waals surface area (Å²) in [6.07, 6.45) is 3.71. The van der Waals surface area contributed by atoms with E-state index in [1.165, 1.54) is 0 Å². The second kappa shape index (κ2) is 9.21. The zero-order chi connectivity index (χ0) is 19.1. The number of halogens is 1. The topological polar surface area (TPSA) is 50.6 Å². The van der Waals surface area contributed by atoms with Crippen LogP contribution in [0.3, 0.4) is 0 Å². The Morgan fingerprint density at radius 1 is 1.15 bits per heavy atom. The van der Waals surface area contributed by atoms with E-state index in [4.69, 9.17) is 28.6 Å². The van der Waals surface area contributed by atoms with Crippen molar-refractivity contribution in [1.82, 2.24) is 9.99 Å². The van der Waals surface area contributed by atoms with Crippen LogP contribution in [0.1, 0.15) is 11.3 Å². The van der Waals surface area contributed by atoms with Gasteiger partial charge < -0.3 is 14.6 Å². The van der Waals surface area contributed by atoms with Crippen molar-refractivity contribution in [2.45, 2.75) is 6.54 Å². The van der Waals surface area contributed by atoms with E-state index in [1.807, 2.05) is 66.9 Å². The molecule has 27 heavy (non-hydrogen) atoms. The number of methoxy groups -OCH3 is 1. The maximum Gasteiger partial charge on any atom is 0.191 e. The number of rotatable bonds is 6. The van der Waals surface area contributed by atoms with E-state index in [0.717, 1.165) is 27.7 Å². The number of nitrogens with zero attached hydrogens (tertiary/aromatic N) is 2. The number of aromatic nitrogens is 1. The molecule has 5 nitrogen and oxygen atoms in total. The summed E-state index contributed by atoms with van der Waals surface area (Å²) in [6, 6.07) is 19.2. The van der Waals surface area contributed by atoms with Gasteiger partial charge in [0.2, 0.25) is 0 Å². The lowest BCUT2D eigenvalue weighted by Crippen LogP contribution is -2.24. The Labute approximate surface area is 168 Å². The minimum Gasteiger partial charge on any atom is -0.497 e. The van der Waals surface area contributed by atoms with Crippen molar-refractivity contribution in [1.29, 1.82) is 0 Å². The number of nitrogens with one attached hydrogen (secondary N) is 2. The lowest BCUT2D eigenvalue weighted by molar-refractivity contribution is 0.415. The third kappa shape index (κ3) is 5.32. The van der Waals surface area contributed by atoms with Crippen molar-refractivity contribution in [3.63, 3.8) is 0 Å². The highest BCUT2D eigenvalue weighted by atomic mass is 35.5. The molecular weight excluding hydrogens is 380 g/mol. The van der Waals surface area contributed by atoms with Gasteiger partial charge in [-0.15, -0.1) is 0 Å². The molecule has 0 spiro atoms. The average Bonchev–Trinajstić information content (AvgIpc) is 3.11. The Morgan fingerprint density at radius 3 is 2.67 bits per heavy atom. The number of hydrogen-bond acceptors (Lipinski definition) is 3. The quantitative estimate of drug-likeness (QED) is 0.364. The van der Waals surface area contributed by atoms with Crippen LogP contribution in [-0.4, -0.2) is 23.0 Å². The van der Waals surface area contributed by atoms with Crippen molar-refractivity contribution in [2.24, 2.45) is 5.10 Å². The monoisotopic (exact) mass is 398 g/mol. The minimum absolute atomic E-state index is 0.403. The number of hydrogen-bond donors (Lipinski definition) is 2. The second-order valence-corrected chi connectivity index (χ2v) is 6.52. The highest BCUT2D eigenvalue weighted by Gasteiger charge is 2.03. The molecule has 0 aliphatic carbocycles. The van der Waals surface area contributed by atoms with E-state index in [2.05, 4.69) is 20.4 Å². The number of benzene rings is 2. The molecule has 0 unspecified atom stereocenters. The summed E-state index contributed by atoms with van der Waals surface area (Å²) < 4.78 is 7.19. The first-order valence-electron chi connectivity index (χ1n) is 8.28. The van der Waals surface area contributed by atoms with Gasteiger partial charge in [0, 0.05) is 23.5 Å². The molecule has 0 bridgehead atoms. The van der Waals surface area contributed by atoms with Gasteiger partial charge in [-0.1, -0.05) is 29.8 Å². The number of thiocarbonyl (C=S) groups is 1. The largest absolute Gasteiger partial charge is 0.497 e. The maximum absolute atomic E-state index is 6.24. The van der Waals surface area contributed by atoms with Crippen LogP contribution in [0.2, 0.25) is 5.02 Å². The fourth-order valence-electron chi connectivity index (χ4n) is 2.49. The molecule has 3 rings (SSSR count). The van der Waals surface area contributed by atoms with Crippen molar-refractivity contribution in [3.05, 3.63) is 83.1 Å². The van der Waals surface area contributed by atoms with Gasteiger partial charge in [0.1, 0.15) is 5.75 Å². The van der Waals surface area contributed by atoms with Crippen LogP contribution in [0.25, 0.3) is 0 Å². The average molecular weight is 399 g/mol. The second-order valence-electron chi connectivity index (χ2n) is 5.70. The SMILES string of the molecule is COc1ccc(NC(=S)N/N=C\c2cccn2Cc2ccccc2Cl)cc1. The summed E-state index contributed by atoms with van der Waals surface area (Å²) in [7, 11) is 1.63. The third-order valence-corrected chi connectivity index (χ3v) is 4.44. The third-order valence-electron chi connectivity index (χ3n) is 3.87. The zero-order valence-corrected chi connectivity index (χ0v) is 16.3.